The third-order valence-electron chi connectivity index (χ3n) is 10.8. The van der Waals surface area contributed by atoms with E-state index in [1.54, 1.807) is 0 Å². The molecule has 2 fully saturated rings. The maximum Gasteiger partial charge on any atom is 0.508 e. The minimum absolute atomic E-state index is 0.0239. The van der Waals surface area contributed by atoms with Crippen molar-refractivity contribution in [1.82, 2.24) is 4.90 Å². The molecule has 2 aliphatic carbocycles. The minimum atomic E-state index is -0.750. The SMILES string of the molecule is CCCCC/C=C\C/C=C\CCCCCCCC(=O)OCC(COC(=O)CC1(CC)C[C@@H]2CC[C@@H](C2)C1)COC(=O)OCCCN(CC)CC. The van der Waals surface area contributed by atoms with Crippen molar-refractivity contribution in [2.75, 3.05) is 46.1 Å². The summed E-state index contributed by atoms with van der Waals surface area (Å²) in [6.45, 7) is 11.7. The maximum atomic E-state index is 13.1. The van der Waals surface area contributed by atoms with Crippen molar-refractivity contribution in [2.24, 2.45) is 23.2 Å². The standard InChI is InChI=1S/C42H73NO7/c1-5-9-10-11-12-13-14-15-16-17-18-19-20-21-22-24-39(44)48-33-38(35-50-41(46)47-28-23-27-43(7-3)8-4)34-49-40(45)32-42(6-2)30-36-25-26-37(29-36)31-42/h12-13,15-16,36-38H,5-11,14,17-35H2,1-4H3/b13-12-,16-15-/t36-,37+,38?,42?. The van der Waals surface area contributed by atoms with Crippen molar-refractivity contribution in [3.8, 4) is 0 Å². The number of hydrogen-bond donors (Lipinski definition) is 0. The highest BCUT2D eigenvalue weighted by molar-refractivity contribution is 5.70. The highest BCUT2D eigenvalue weighted by atomic mass is 16.7. The maximum absolute atomic E-state index is 13.1. The van der Waals surface area contributed by atoms with Crippen molar-refractivity contribution in [2.45, 2.75) is 156 Å². The molecule has 2 aliphatic rings. The molecule has 0 amide bonds. The summed E-state index contributed by atoms with van der Waals surface area (Å²) in [4.78, 5) is 40.2. The smallest absolute Gasteiger partial charge is 0.465 e. The van der Waals surface area contributed by atoms with Crippen LogP contribution in [0.15, 0.2) is 24.3 Å². The van der Waals surface area contributed by atoms with Crippen LogP contribution in [0.1, 0.15) is 156 Å². The van der Waals surface area contributed by atoms with Crippen LogP contribution in [0.4, 0.5) is 4.79 Å². The fourth-order valence-electron chi connectivity index (χ4n) is 7.70. The van der Waals surface area contributed by atoms with Gasteiger partial charge in [0.25, 0.3) is 0 Å². The first-order valence-electron chi connectivity index (χ1n) is 20.5. The monoisotopic (exact) mass is 704 g/mol. The second kappa shape index (κ2) is 27.3. The van der Waals surface area contributed by atoms with E-state index >= 15 is 0 Å². The fraction of sp³-hybridized carbons (Fsp3) is 0.833. The zero-order chi connectivity index (χ0) is 36.3. The molecule has 2 saturated carbocycles. The molecule has 0 aromatic rings. The largest absolute Gasteiger partial charge is 0.508 e. The van der Waals surface area contributed by atoms with E-state index in [9.17, 15) is 14.4 Å². The lowest BCUT2D eigenvalue weighted by molar-refractivity contribution is -0.152. The Morgan fingerprint density at radius 3 is 1.94 bits per heavy atom. The first-order chi connectivity index (χ1) is 24.3. The molecule has 2 bridgehead atoms. The summed E-state index contributed by atoms with van der Waals surface area (Å²) >= 11 is 0. The summed E-state index contributed by atoms with van der Waals surface area (Å²) in [5, 5.41) is 0. The molecule has 2 rings (SSSR count). The van der Waals surface area contributed by atoms with Crippen LogP contribution < -0.4 is 0 Å². The molecule has 4 atom stereocenters. The van der Waals surface area contributed by atoms with E-state index in [0.717, 1.165) is 95.7 Å². The van der Waals surface area contributed by atoms with Crippen LogP contribution in [-0.4, -0.2) is 69.1 Å². The zero-order valence-corrected chi connectivity index (χ0v) is 32.4. The van der Waals surface area contributed by atoms with Crippen LogP contribution >= 0.6 is 0 Å². The van der Waals surface area contributed by atoms with Gasteiger partial charge in [-0.15, -0.1) is 0 Å². The van der Waals surface area contributed by atoms with Crippen LogP contribution in [0, 0.1) is 23.2 Å². The Bertz CT molecular complexity index is 963. The molecule has 0 aliphatic heterocycles. The van der Waals surface area contributed by atoms with Gasteiger partial charge in [-0.05, 0) is 101 Å². The summed E-state index contributed by atoms with van der Waals surface area (Å²) in [6.07, 6.45) is 29.3. The number of ether oxygens (including phenoxy) is 4. The summed E-state index contributed by atoms with van der Waals surface area (Å²) in [7, 11) is 0. The van der Waals surface area contributed by atoms with Gasteiger partial charge in [0.2, 0.25) is 0 Å². The minimum Gasteiger partial charge on any atom is -0.465 e. The lowest BCUT2D eigenvalue weighted by Gasteiger charge is -2.39. The predicted molar refractivity (Wildman–Crippen MR) is 202 cm³/mol. The summed E-state index contributed by atoms with van der Waals surface area (Å²) in [5.74, 6) is 0.539. The number of unbranched alkanes of at least 4 members (excludes halogenated alkanes) is 8. The van der Waals surface area contributed by atoms with Gasteiger partial charge < -0.3 is 23.8 Å². The molecule has 0 heterocycles. The Kier molecular flexibility index (Phi) is 23.9. The predicted octanol–water partition coefficient (Wildman–Crippen LogP) is 10.4. The van der Waals surface area contributed by atoms with Gasteiger partial charge in [-0.25, -0.2) is 4.79 Å². The van der Waals surface area contributed by atoms with Crippen molar-refractivity contribution in [3.63, 3.8) is 0 Å². The van der Waals surface area contributed by atoms with Crippen LogP contribution in [0.2, 0.25) is 0 Å². The first-order valence-corrected chi connectivity index (χ1v) is 20.5. The van der Waals surface area contributed by atoms with Crippen LogP contribution in [0.25, 0.3) is 0 Å². The van der Waals surface area contributed by atoms with Crippen LogP contribution in [0.5, 0.6) is 0 Å². The molecule has 0 saturated heterocycles. The number of hydrogen-bond acceptors (Lipinski definition) is 8. The van der Waals surface area contributed by atoms with Gasteiger partial charge in [0.1, 0.15) is 19.8 Å². The van der Waals surface area contributed by atoms with E-state index in [0.29, 0.717) is 12.8 Å². The van der Waals surface area contributed by atoms with E-state index in [-0.39, 0.29) is 43.8 Å². The molecule has 50 heavy (non-hydrogen) atoms. The number of nitrogens with zero attached hydrogens (tertiary/aromatic N) is 1. The molecule has 0 radical (unpaired) electrons. The molecule has 0 N–H and O–H groups in total. The second-order valence-electron chi connectivity index (χ2n) is 15.0. The van der Waals surface area contributed by atoms with Crippen molar-refractivity contribution >= 4 is 18.1 Å². The number of carbonyl (C=O) groups excluding carboxylic acids is 3. The molecule has 0 spiro atoms. The number of fused-ring (bicyclic) bond motifs is 2. The van der Waals surface area contributed by atoms with Crippen molar-refractivity contribution in [3.05, 3.63) is 24.3 Å². The topological polar surface area (TPSA) is 91.4 Å². The number of allylic oxidation sites excluding steroid dienone is 4. The highest BCUT2D eigenvalue weighted by Crippen LogP contribution is 2.53. The number of rotatable bonds is 29. The van der Waals surface area contributed by atoms with E-state index < -0.39 is 12.1 Å². The normalized spacial score (nSPS) is 20.8. The summed E-state index contributed by atoms with van der Waals surface area (Å²) < 4.78 is 22.0. The fourth-order valence-corrected chi connectivity index (χ4v) is 7.70. The molecular formula is C42H73NO7. The van der Waals surface area contributed by atoms with Gasteiger partial charge in [-0.3, -0.25) is 9.59 Å². The van der Waals surface area contributed by atoms with Crippen LogP contribution in [0.3, 0.4) is 0 Å². The van der Waals surface area contributed by atoms with E-state index in [1.165, 1.54) is 51.4 Å². The second-order valence-corrected chi connectivity index (χ2v) is 15.0. The van der Waals surface area contributed by atoms with Crippen molar-refractivity contribution < 1.29 is 33.3 Å². The molecule has 0 aromatic carbocycles. The zero-order valence-electron chi connectivity index (χ0n) is 32.4. The Hall–Kier alpha value is -2.35. The molecule has 2 unspecified atom stereocenters. The quantitative estimate of drug-likeness (QED) is 0.0329. The Morgan fingerprint density at radius 2 is 1.30 bits per heavy atom. The first kappa shape index (κ1) is 43.8. The van der Waals surface area contributed by atoms with Gasteiger partial charge in [0, 0.05) is 13.0 Å². The molecule has 0 aromatic heterocycles. The highest BCUT2D eigenvalue weighted by Gasteiger charge is 2.44. The average Bonchev–Trinajstić information content (AvgIpc) is 3.47. The Morgan fingerprint density at radius 1 is 0.700 bits per heavy atom. The number of esters is 2. The molecule has 8 heteroatoms. The average molecular weight is 704 g/mol. The number of carbonyl (C=O) groups is 3. The third kappa shape index (κ3) is 19.9. The lowest BCUT2D eigenvalue weighted by atomic mass is 9.66. The lowest BCUT2D eigenvalue weighted by Crippen LogP contribution is -2.33. The van der Waals surface area contributed by atoms with Gasteiger partial charge in [0.05, 0.1) is 18.9 Å². The van der Waals surface area contributed by atoms with Gasteiger partial charge in [-0.2, -0.15) is 0 Å². The van der Waals surface area contributed by atoms with E-state index in [2.05, 4.69) is 56.9 Å². The third-order valence-corrected chi connectivity index (χ3v) is 10.8. The van der Waals surface area contributed by atoms with Gasteiger partial charge >= 0.3 is 18.1 Å². The van der Waals surface area contributed by atoms with Gasteiger partial charge in [-0.1, -0.05) is 96.9 Å². The van der Waals surface area contributed by atoms with E-state index in [4.69, 9.17) is 18.9 Å². The molecule has 8 nitrogen and oxygen atoms in total. The van der Waals surface area contributed by atoms with Crippen molar-refractivity contribution in [1.29, 1.82) is 0 Å². The van der Waals surface area contributed by atoms with Crippen LogP contribution in [-0.2, 0) is 28.5 Å². The Balaban J connectivity index is 1.69. The Labute approximate surface area is 305 Å². The van der Waals surface area contributed by atoms with E-state index in [1.807, 2.05) is 0 Å². The summed E-state index contributed by atoms with van der Waals surface area (Å²) in [5.41, 5.74) is 0.0239. The summed E-state index contributed by atoms with van der Waals surface area (Å²) in [6, 6.07) is 0. The molecule has 288 valence electrons. The molecular weight excluding hydrogens is 630 g/mol. The van der Waals surface area contributed by atoms with Gasteiger partial charge in [0.15, 0.2) is 0 Å².